The molecule has 0 radical (unpaired) electrons. The Morgan fingerprint density at radius 3 is 2.36 bits per heavy atom. The highest BCUT2D eigenvalue weighted by molar-refractivity contribution is 8.00. The van der Waals surface area contributed by atoms with Crippen LogP contribution in [0.3, 0.4) is 0 Å². The van der Waals surface area contributed by atoms with Crippen molar-refractivity contribution < 1.29 is 13.6 Å². The van der Waals surface area contributed by atoms with Gasteiger partial charge < -0.3 is 5.32 Å². The standard InChI is InChI=1S/C22H21F2NOS2/c1-14(2)15-5-7-16(8-6-15)22(20-4-3-11-27-20)25-21(26)13-28-17-9-10-18(23)19(24)12-17/h3-12,14,22H,13H2,1-2H3,(H,25,26). The van der Waals surface area contributed by atoms with Crippen LogP contribution in [0.2, 0.25) is 0 Å². The Morgan fingerprint density at radius 2 is 1.75 bits per heavy atom. The molecule has 1 heterocycles. The molecule has 0 aliphatic carbocycles. The van der Waals surface area contributed by atoms with Gasteiger partial charge in [0.2, 0.25) is 5.91 Å². The van der Waals surface area contributed by atoms with Gasteiger partial charge in [0.25, 0.3) is 0 Å². The number of hydrogen-bond acceptors (Lipinski definition) is 3. The van der Waals surface area contributed by atoms with Crippen molar-refractivity contribution in [1.29, 1.82) is 0 Å². The number of benzene rings is 2. The molecule has 1 aromatic heterocycles. The second-order valence-electron chi connectivity index (χ2n) is 6.70. The summed E-state index contributed by atoms with van der Waals surface area (Å²) in [5.74, 6) is -1.40. The van der Waals surface area contributed by atoms with E-state index in [9.17, 15) is 13.6 Å². The largest absolute Gasteiger partial charge is 0.344 e. The zero-order valence-electron chi connectivity index (χ0n) is 15.6. The van der Waals surface area contributed by atoms with E-state index in [4.69, 9.17) is 0 Å². The van der Waals surface area contributed by atoms with E-state index in [0.717, 1.165) is 22.6 Å². The average Bonchev–Trinajstić information content (AvgIpc) is 3.21. The quantitative estimate of drug-likeness (QED) is 0.467. The Hall–Kier alpha value is -2.18. The minimum absolute atomic E-state index is 0.122. The minimum Gasteiger partial charge on any atom is -0.344 e. The molecule has 0 fully saturated rings. The average molecular weight is 418 g/mol. The van der Waals surface area contributed by atoms with E-state index in [1.54, 1.807) is 11.3 Å². The summed E-state index contributed by atoms with van der Waals surface area (Å²) in [4.78, 5) is 14.1. The molecule has 1 N–H and O–H groups in total. The van der Waals surface area contributed by atoms with Gasteiger partial charge in [0.1, 0.15) is 0 Å². The topological polar surface area (TPSA) is 29.1 Å². The van der Waals surface area contributed by atoms with E-state index in [1.807, 2.05) is 29.6 Å². The molecule has 0 saturated heterocycles. The molecular weight excluding hydrogens is 396 g/mol. The van der Waals surface area contributed by atoms with Crippen molar-refractivity contribution in [2.24, 2.45) is 0 Å². The van der Waals surface area contributed by atoms with Gasteiger partial charge in [0.05, 0.1) is 11.8 Å². The van der Waals surface area contributed by atoms with Crippen LogP contribution < -0.4 is 5.32 Å². The molecular formula is C22H21F2NOS2. The molecule has 28 heavy (non-hydrogen) atoms. The lowest BCUT2D eigenvalue weighted by molar-refractivity contribution is -0.119. The van der Waals surface area contributed by atoms with E-state index < -0.39 is 11.6 Å². The summed E-state index contributed by atoms with van der Waals surface area (Å²) >= 11 is 2.76. The van der Waals surface area contributed by atoms with Crippen LogP contribution in [0.25, 0.3) is 0 Å². The first-order chi connectivity index (χ1) is 13.4. The molecule has 1 atom stereocenters. The maximum absolute atomic E-state index is 13.3. The number of halogens is 2. The van der Waals surface area contributed by atoms with Crippen molar-refractivity contribution in [3.05, 3.63) is 87.6 Å². The molecule has 2 nitrogen and oxygen atoms in total. The second-order valence-corrected chi connectivity index (χ2v) is 8.73. The van der Waals surface area contributed by atoms with Crippen LogP contribution in [0.1, 0.15) is 41.8 Å². The van der Waals surface area contributed by atoms with Gasteiger partial charge in [-0.25, -0.2) is 8.78 Å². The Bertz CT molecular complexity index is 924. The molecule has 3 aromatic rings. The number of amides is 1. The third kappa shape index (κ3) is 5.20. The summed E-state index contributed by atoms with van der Waals surface area (Å²) < 4.78 is 26.4. The molecule has 146 valence electrons. The number of nitrogens with one attached hydrogen (secondary N) is 1. The van der Waals surface area contributed by atoms with Gasteiger partial charge in [-0.05, 0) is 46.7 Å². The predicted octanol–water partition coefficient (Wildman–Crippen LogP) is 6.15. The number of thiophene rings is 1. The van der Waals surface area contributed by atoms with Crippen LogP contribution in [0.5, 0.6) is 0 Å². The lowest BCUT2D eigenvalue weighted by Gasteiger charge is -2.19. The molecule has 0 aliphatic rings. The van der Waals surface area contributed by atoms with Gasteiger partial charge in [0.15, 0.2) is 11.6 Å². The number of thioether (sulfide) groups is 1. The van der Waals surface area contributed by atoms with Crippen molar-refractivity contribution in [1.82, 2.24) is 5.32 Å². The molecule has 2 aromatic carbocycles. The predicted molar refractivity (Wildman–Crippen MR) is 112 cm³/mol. The van der Waals surface area contributed by atoms with Crippen LogP contribution in [-0.2, 0) is 4.79 Å². The van der Waals surface area contributed by atoms with Crippen LogP contribution in [0.15, 0.2) is 64.9 Å². The zero-order chi connectivity index (χ0) is 20.1. The molecule has 0 bridgehead atoms. The molecule has 3 rings (SSSR count). The van der Waals surface area contributed by atoms with Crippen LogP contribution >= 0.6 is 23.1 Å². The number of carbonyl (C=O) groups is 1. The summed E-state index contributed by atoms with van der Waals surface area (Å²) in [6.45, 7) is 4.28. The summed E-state index contributed by atoms with van der Waals surface area (Å²) in [5.41, 5.74) is 2.26. The molecule has 6 heteroatoms. The first-order valence-corrected chi connectivity index (χ1v) is 10.8. The number of carbonyl (C=O) groups excluding carboxylic acids is 1. The lowest BCUT2D eigenvalue weighted by Crippen LogP contribution is -2.30. The van der Waals surface area contributed by atoms with Crippen LogP contribution in [-0.4, -0.2) is 11.7 Å². The first kappa shape index (κ1) is 20.6. The highest BCUT2D eigenvalue weighted by Crippen LogP contribution is 2.28. The molecule has 0 spiro atoms. The van der Waals surface area contributed by atoms with E-state index in [-0.39, 0.29) is 17.7 Å². The Kier molecular flexibility index (Phi) is 6.86. The highest BCUT2D eigenvalue weighted by atomic mass is 32.2. The van der Waals surface area contributed by atoms with Gasteiger partial charge in [-0.3, -0.25) is 4.79 Å². The molecule has 0 aliphatic heterocycles. The number of hydrogen-bond donors (Lipinski definition) is 1. The smallest absolute Gasteiger partial charge is 0.231 e. The third-order valence-electron chi connectivity index (χ3n) is 4.33. The van der Waals surface area contributed by atoms with Gasteiger partial charge in [-0.1, -0.05) is 44.2 Å². The van der Waals surface area contributed by atoms with Crippen molar-refractivity contribution in [2.75, 3.05) is 5.75 Å². The Balaban J connectivity index is 1.70. The fourth-order valence-electron chi connectivity index (χ4n) is 2.77. The van der Waals surface area contributed by atoms with E-state index >= 15 is 0 Å². The van der Waals surface area contributed by atoms with Crippen molar-refractivity contribution in [3.63, 3.8) is 0 Å². The molecule has 1 unspecified atom stereocenters. The monoisotopic (exact) mass is 417 g/mol. The van der Waals surface area contributed by atoms with Crippen molar-refractivity contribution >= 4 is 29.0 Å². The zero-order valence-corrected chi connectivity index (χ0v) is 17.2. The Morgan fingerprint density at radius 1 is 1.04 bits per heavy atom. The van der Waals surface area contributed by atoms with Gasteiger partial charge in [-0.15, -0.1) is 23.1 Å². The summed E-state index contributed by atoms with van der Waals surface area (Å²) in [6.07, 6.45) is 0. The normalized spacial score (nSPS) is 12.2. The summed E-state index contributed by atoms with van der Waals surface area (Å²) in [7, 11) is 0. The van der Waals surface area contributed by atoms with Crippen molar-refractivity contribution in [2.45, 2.75) is 30.7 Å². The van der Waals surface area contributed by atoms with Gasteiger partial charge >= 0.3 is 0 Å². The van der Waals surface area contributed by atoms with E-state index in [1.165, 1.54) is 23.4 Å². The third-order valence-corrected chi connectivity index (χ3v) is 6.26. The van der Waals surface area contributed by atoms with E-state index in [2.05, 4.69) is 31.3 Å². The maximum atomic E-state index is 13.3. The maximum Gasteiger partial charge on any atom is 0.231 e. The highest BCUT2D eigenvalue weighted by Gasteiger charge is 2.18. The summed E-state index contributed by atoms with van der Waals surface area (Å²) in [5, 5.41) is 5.04. The van der Waals surface area contributed by atoms with Crippen molar-refractivity contribution in [3.8, 4) is 0 Å². The lowest BCUT2D eigenvalue weighted by atomic mass is 9.98. The summed E-state index contributed by atoms with van der Waals surface area (Å²) in [6, 6.07) is 15.6. The second kappa shape index (κ2) is 9.34. The van der Waals surface area contributed by atoms with Gasteiger partial charge in [-0.2, -0.15) is 0 Å². The SMILES string of the molecule is CC(C)c1ccc(C(NC(=O)CSc2ccc(F)c(F)c2)c2cccs2)cc1. The van der Waals surface area contributed by atoms with Crippen LogP contribution in [0, 0.1) is 11.6 Å². The van der Waals surface area contributed by atoms with Gasteiger partial charge in [0, 0.05) is 9.77 Å². The minimum atomic E-state index is -0.910. The van der Waals surface area contributed by atoms with Crippen LogP contribution in [0.4, 0.5) is 8.78 Å². The van der Waals surface area contributed by atoms with E-state index in [0.29, 0.717) is 10.8 Å². The Labute approximate surface area is 172 Å². The molecule has 1 amide bonds. The number of rotatable bonds is 7. The fourth-order valence-corrected chi connectivity index (χ4v) is 4.30. The first-order valence-electron chi connectivity index (χ1n) is 8.94. The molecule has 0 saturated carbocycles. The fraction of sp³-hybridized carbons (Fsp3) is 0.227.